The lowest BCUT2D eigenvalue weighted by molar-refractivity contribution is 1.05. The summed E-state index contributed by atoms with van der Waals surface area (Å²) in [6.07, 6.45) is 3.48. The first-order valence-corrected chi connectivity index (χ1v) is 17.2. The topological polar surface area (TPSA) is 77.3 Å². The van der Waals surface area contributed by atoms with E-state index in [0.29, 0.717) is 28.9 Å². The maximum atomic E-state index is 5.31. The Labute approximate surface area is 299 Å². The van der Waals surface area contributed by atoms with Gasteiger partial charge in [-0.2, -0.15) is 0 Å². The van der Waals surface area contributed by atoms with Crippen LogP contribution in [-0.4, -0.2) is 29.9 Å². The minimum absolute atomic E-state index is 0.497. The fourth-order valence-corrected chi connectivity index (χ4v) is 7.13. The second-order valence-electron chi connectivity index (χ2n) is 12.7. The van der Waals surface area contributed by atoms with Gasteiger partial charge in [0.2, 0.25) is 0 Å². The van der Waals surface area contributed by atoms with Crippen molar-refractivity contribution in [1.82, 2.24) is 29.9 Å². The van der Waals surface area contributed by atoms with Crippen molar-refractivity contribution in [3.8, 4) is 56.8 Å². The molecule has 4 aromatic heterocycles. The van der Waals surface area contributed by atoms with Gasteiger partial charge in [0.25, 0.3) is 0 Å². The summed E-state index contributed by atoms with van der Waals surface area (Å²) in [4.78, 5) is 28.8. The van der Waals surface area contributed by atoms with Gasteiger partial charge in [-0.25, -0.2) is 19.9 Å². The van der Waals surface area contributed by atoms with Crippen LogP contribution in [0.15, 0.2) is 170 Å². The number of aromatic nitrogens is 6. The molecule has 0 bridgehead atoms. The van der Waals surface area contributed by atoms with Crippen molar-refractivity contribution >= 4 is 43.2 Å². The van der Waals surface area contributed by atoms with Crippen LogP contribution < -0.4 is 0 Å². The summed E-state index contributed by atoms with van der Waals surface area (Å²) in [7, 11) is 0. The highest BCUT2D eigenvalue weighted by Gasteiger charge is 2.18. The maximum Gasteiger partial charge on any atom is 0.182 e. The van der Waals surface area contributed by atoms with E-state index in [2.05, 4.69) is 131 Å². The number of pyridine rings is 3. The molecule has 0 atom stereocenters. The smallest absolute Gasteiger partial charge is 0.182 e. The first-order chi connectivity index (χ1) is 25.8. The third-order valence-electron chi connectivity index (χ3n) is 9.61. The quantitative estimate of drug-likeness (QED) is 0.170. The summed E-state index contributed by atoms with van der Waals surface area (Å²) >= 11 is 0. The van der Waals surface area contributed by atoms with Crippen LogP contribution in [-0.2, 0) is 0 Å². The molecule has 52 heavy (non-hydrogen) atoms. The Kier molecular flexibility index (Phi) is 7.03. The molecule has 0 unspecified atom stereocenters. The van der Waals surface area contributed by atoms with E-state index in [1.807, 2.05) is 36.4 Å². The standard InChI is InChI=1S/C46H28N6/c1-2-12-32-27-33(24-19-29(32)11-1)43-38-28-37(34-13-3-4-14-35(34)42(38)36-15-5-6-16-39(36)49-43)30-20-22-31(23-21-30)44-50-45(40-17-7-9-25-47-40)52-46(51-44)41-18-8-10-26-48-41/h1-28H. The average molecular weight is 665 g/mol. The van der Waals surface area contributed by atoms with Gasteiger partial charge in [-0.15, -0.1) is 0 Å². The Morgan fingerprint density at radius 2 is 0.923 bits per heavy atom. The molecule has 0 amide bonds. The van der Waals surface area contributed by atoms with Gasteiger partial charge in [0.05, 0.1) is 11.2 Å². The number of hydrogen-bond donors (Lipinski definition) is 0. The minimum Gasteiger partial charge on any atom is -0.253 e. The van der Waals surface area contributed by atoms with Crippen molar-refractivity contribution in [3.05, 3.63) is 170 Å². The van der Waals surface area contributed by atoms with Crippen LogP contribution >= 0.6 is 0 Å². The lowest BCUT2D eigenvalue weighted by Gasteiger charge is -2.16. The first kappa shape index (κ1) is 29.7. The molecule has 0 radical (unpaired) electrons. The molecule has 6 aromatic carbocycles. The predicted molar refractivity (Wildman–Crippen MR) is 210 cm³/mol. The molecule has 6 heteroatoms. The summed E-state index contributed by atoms with van der Waals surface area (Å²) in [6.45, 7) is 0. The summed E-state index contributed by atoms with van der Waals surface area (Å²) in [5.74, 6) is 1.55. The van der Waals surface area contributed by atoms with Gasteiger partial charge < -0.3 is 0 Å². The molecule has 0 aliphatic heterocycles. The van der Waals surface area contributed by atoms with Crippen LogP contribution in [0.5, 0.6) is 0 Å². The van der Waals surface area contributed by atoms with Gasteiger partial charge in [-0.1, -0.05) is 115 Å². The third kappa shape index (κ3) is 5.13. The summed E-state index contributed by atoms with van der Waals surface area (Å²) in [6, 6.07) is 54.4. The van der Waals surface area contributed by atoms with E-state index >= 15 is 0 Å². The Bertz CT molecular complexity index is 2890. The molecule has 4 heterocycles. The zero-order valence-electron chi connectivity index (χ0n) is 27.8. The van der Waals surface area contributed by atoms with Gasteiger partial charge >= 0.3 is 0 Å². The molecule has 242 valence electrons. The Hall–Kier alpha value is -7.18. The van der Waals surface area contributed by atoms with Gasteiger partial charge in [0.15, 0.2) is 17.5 Å². The van der Waals surface area contributed by atoms with E-state index in [9.17, 15) is 0 Å². The number of nitrogens with zero attached hydrogens (tertiary/aromatic N) is 6. The van der Waals surface area contributed by atoms with Gasteiger partial charge in [-0.05, 0) is 75.1 Å². The monoisotopic (exact) mass is 664 g/mol. The third-order valence-corrected chi connectivity index (χ3v) is 9.61. The van der Waals surface area contributed by atoms with E-state index in [1.165, 1.54) is 26.9 Å². The number of hydrogen-bond acceptors (Lipinski definition) is 6. The highest BCUT2D eigenvalue weighted by molar-refractivity contribution is 6.25. The molecule has 10 aromatic rings. The minimum atomic E-state index is 0.497. The summed E-state index contributed by atoms with van der Waals surface area (Å²) < 4.78 is 0. The van der Waals surface area contributed by atoms with E-state index in [4.69, 9.17) is 19.9 Å². The lowest BCUT2D eigenvalue weighted by Crippen LogP contribution is -2.01. The van der Waals surface area contributed by atoms with Crippen molar-refractivity contribution in [1.29, 1.82) is 0 Å². The molecule has 6 nitrogen and oxygen atoms in total. The molecule has 0 N–H and O–H groups in total. The summed E-state index contributed by atoms with van der Waals surface area (Å²) in [5.41, 5.74) is 7.47. The van der Waals surface area contributed by atoms with E-state index in [0.717, 1.165) is 44.2 Å². The second-order valence-corrected chi connectivity index (χ2v) is 12.7. The molecule has 0 aliphatic carbocycles. The van der Waals surface area contributed by atoms with Crippen LogP contribution in [0, 0.1) is 0 Å². The SMILES string of the molecule is c1ccc(-c2nc(-c3ccc(-c4cc5c(-c6ccc7ccccc7c6)nc6ccccc6c5c5ccccc45)cc3)nc(-c3ccccn3)n2)nc1. The largest absolute Gasteiger partial charge is 0.253 e. The molecular weight excluding hydrogens is 637 g/mol. The van der Waals surface area contributed by atoms with Gasteiger partial charge in [0.1, 0.15) is 11.4 Å². The first-order valence-electron chi connectivity index (χ1n) is 17.2. The number of para-hydroxylation sites is 1. The highest BCUT2D eigenvalue weighted by atomic mass is 15.1. The lowest BCUT2D eigenvalue weighted by atomic mass is 9.89. The number of benzene rings is 6. The van der Waals surface area contributed by atoms with Crippen molar-refractivity contribution in [2.75, 3.05) is 0 Å². The summed E-state index contributed by atoms with van der Waals surface area (Å²) in [5, 5.41) is 8.23. The maximum absolute atomic E-state index is 5.31. The zero-order chi connectivity index (χ0) is 34.4. The normalized spacial score (nSPS) is 11.5. The molecule has 0 saturated carbocycles. The molecule has 10 rings (SSSR count). The van der Waals surface area contributed by atoms with E-state index in [-0.39, 0.29) is 0 Å². The van der Waals surface area contributed by atoms with Crippen LogP contribution in [0.2, 0.25) is 0 Å². The molecule has 0 aliphatic rings. The van der Waals surface area contributed by atoms with Gasteiger partial charge in [0, 0.05) is 39.7 Å². The van der Waals surface area contributed by atoms with Crippen LogP contribution in [0.25, 0.3) is 100 Å². The van der Waals surface area contributed by atoms with Crippen LogP contribution in [0.1, 0.15) is 0 Å². The molecule has 0 spiro atoms. The Balaban J connectivity index is 1.16. The molecular formula is C46H28N6. The zero-order valence-corrected chi connectivity index (χ0v) is 27.8. The Morgan fingerprint density at radius 3 is 1.63 bits per heavy atom. The number of rotatable bonds is 5. The second kappa shape index (κ2) is 12.3. The van der Waals surface area contributed by atoms with Crippen LogP contribution in [0.4, 0.5) is 0 Å². The fraction of sp³-hybridized carbons (Fsp3) is 0. The van der Waals surface area contributed by atoms with Crippen molar-refractivity contribution in [2.24, 2.45) is 0 Å². The fourth-order valence-electron chi connectivity index (χ4n) is 7.13. The predicted octanol–water partition coefficient (Wildman–Crippen LogP) is 11.0. The molecule has 0 fully saturated rings. The highest BCUT2D eigenvalue weighted by Crippen LogP contribution is 2.42. The van der Waals surface area contributed by atoms with Crippen molar-refractivity contribution in [2.45, 2.75) is 0 Å². The van der Waals surface area contributed by atoms with Crippen molar-refractivity contribution in [3.63, 3.8) is 0 Å². The average Bonchev–Trinajstić information content (AvgIpc) is 3.23. The van der Waals surface area contributed by atoms with Crippen molar-refractivity contribution < 1.29 is 0 Å². The van der Waals surface area contributed by atoms with E-state index < -0.39 is 0 Å². The van der Waals surface area contributed by atoms with E-state index in [1.54, 1.807) is 12.4 Å². The van der Waals surface area contributed by atoms with Gasteiger partial charge in [-0.3, -0.25) is 9.97 Å². The Morgan fingerprint density at radius 1 is 0.346 bits per heavy atom. The van der Waals surface area contributed by atoms with Crippen LogP contribution in [0.3, 0.4) is 0 Å². The molecule has 0 saturated heterocycles. The number of fused-ring (bicyclic) bond motifs is 6.